The molecule has 3 fully saturated rings. The van der Waals surface area contributed by atoms with Gasteiger partial charge < -0.3 is 40.9 Å². The van der Waals surface area contributed by atoms with Crippen LogP contribution in [0.5, 0.6) is 0 Å². The Labute approximate surface area is 237 Å². The van der Waals surface area contributed by atoms with E-state index in [1.807, 2.05) is 0 Å². The van der Waals surface area contributed by atoms with Crippen LogP contribution in [0.15, 0.2) is 28.2 Å². The predicted octanol–water partition coefficient (Wildman–Crippen LogP) is -2.92. The van der Waals surface area contributed by atoms with Gasteiger partial charge in [0.05, 0.1) is 19.5 Å². The van der Waals surface area contributed by atoms with Gasteiger partial charge in [-0.15, -0.1) is 0 Å². The van der Waals surface area contributed by atoms with E-state index in [2.05, 4.69) is 19.9 Å². The van der Waals surface area contributed by atoms with Crippen LogP contribution in [0.3, 0.4) is 0 Å². The molecule has 0 saturated carbocycles. The lowest BCUT2D eigenvalue weighted by Gasteiger charge is -2.27. The van der Waals surface area contributed by atoms with Gasteiger partial charge in [0.15, 0.2) is 23.6 Å². The molecule has 3 aromatic rings. The van der Waals surface area contributed by atoms with E-state index in [0.29, 0.717) is 0 Å². The zero-order valence-corrected chi connectivity index (χ0v) is 23.2. The Kier molecular flexibility index (Phi) is 7.52. The number of nitrogens with one attached hydrogen (secondary N) is 1. The van der Waals surface area contributed by atoms with E-state index >= 15 is 0 Å². The maximum atomic E-state index is 13.0. The molecule has 0 aliphatic carbocycles. The van der Waals surface area contributed by atoms with Gasteiger partial charge in [-0.1, -0.05) is 0 Å². The molecule has 6 rings (SSSR count). The summed E-state index contributed by atoms with van der Waals surface area (Å²) < 4.78 is 59.6. The number of anilines is 2. The molecule has 0 aromatic carbocycles. The fourth-order valence-electron chi connectivity index (χ4n) is 4.88. The van der Waals surface area contributed by atoms with Crippen LogP contribution in [-0.4, -0.2) is 98.9 Å². The second-order valence-corrected chi connectivity index (χ2v) is 12.4. The number of nitrogen functional groups attached to an aromatic ring is 2. The van der Waals surface area contributed by atoms with Crippen molar-refractivity contribution < 1.29 is 56.7 Å². The van der Waals surface area contributed by atoms with Crippen molar-refractivity contribution in [3.8, 4) is 0 Å². The standard InChI is InChI=1S/C19H24N8O14P2/c20-8-1-2-26(19(31)23-8)16-10(28)12-6(38-16)3-36-43(34,35)41-13-7(4-37-42(32,33)40-12)39-17(11(13)29)27-5-22-9-14(27)24-18(21)25-15(9)30/h1-2,5-7,10-13,16-17,28-29H,3-4H2,(H,32,33)(H,34,35)(H2,20,23,31)(H3,21,24,25,30)/t6-,7+,10-,11+,12-,13+,16-,17+/m1/s1. The number of aromatic nitrogens is 6. The van der Waals surface area contributed by atoms with E-state index in [-0.39, 0.29) is 22.9 Å². The van der Waals surface area contributed by atoms with Crippen LogP contribution in [-0.2, 0) is 36.7 Å². The number of phosphoric ester groups is 2. The van der Waals surface area contributed by atoms with Gasteiger partial charge >= 0.3 is 21.3 Å². The molecule has 24 heteroatoms. The van der Waals surface area contributed by atoms with Gasteiger partial charge in [-0.05, 0) is 6.07 Å². The number of phosphoric acid groups is 2. The molecule has 2 unspecified atom stereocenters. The topological polar surface area (TPSA) is 321 Å². The molecule has 3 saturated heterocycles. The summed E-state index contributed by atoms with van der Waals surface area (Å²) in [6.07, 6.45) is -10.9. The molecule has 6 heterocycles. The van der Waals surface area contributed by atoms with E-state index in [1.54, 1.807) is 0 Å². The van der Waals surface area contributed by atoms with Gasteiger partial charge in [0, 0.05) is 6.20 Å². The Morgan fingerprint density at radius 1 is 0.907 bits per heavy atom. The highest BCUT2D eigenvalue weighted by molar-refractivity contribution is 7.47. The van der Waals surface area contributed by atoms with Gasteiger partial charge in [-0.3, -0.25) is 37.0 Å². The number of aliphatic hydroxyl groups is 2. The molecule has 10 atom stereocenters. The van der Waals surface area contributed by atoms with Crippen molar-refractivity contribution in [3.63, 3.8) is 0 Å². The summed E-state index contributed by atoms with van der Waals surface area (Å²) in [5.41, 5.74) is 9.17. The number of nitrogens with zero attached hydrogens (tertiary/aromatic N) is 5. The lowest BCUT2D eigenvalue weighted by atomic mass is 10.1. The Bertz CT molecular complexity index is 1760. The number of fused-ring (bicyclic) bond motifs is 3. The molecule has 9 N–H and O–H groups in total. The molecule has 3 aliphatic rings. The summed E-state index contributed by atoms with van der Waals surface area (Å²) in [4.78, 5) is 59.1. The smallest absolute Gasteiger partial charge is 0.386 e. The minimum absolute atomic E-state index is 0.118. The fourth-order valence-corrected chi connectivity index (χ4v) is 6.81. The van der Waals surface area contributed by atoms with Gasteiger partial charge in [0.25, 0.3) is 5.56 Å². The van der Waals surface area contributed by atoms with Gasteiger partial charge in [0.2, 0.25) is 5.95 Å². The molecule has 234 valence electrons. The summed E-state index contributed by atoms with van der Waals surface area (Å²) in [5.74, 6) is -0.405. The highest BCUT2D eigenvalue weighted by atomic mass is 31.2. The molecule has 0 radical (unpaired) electrons. The van der Waals surface area contributed by atoms with E-state index in [9.17, 15) is 38.7 Å². The lowest BCUT2D eigenvalue weighted by Crippen LogP contribution is -2.39. The van der Waals surface area contributed by atoms with Crippen molar-refractivity contribution >= 4 is 38.6 Å². The number of imidazole rings is 1. The first-order chi connectivity index (χ1) is 20.2. The monoisotopic (exact) mass is 650 g/mol. The summed E-state index contributed by atoms with van der Waals surface area (Å²) in [6, 6.07) is 1.22. The molecular weight excluding hydrogens is 626 g/mol. The van der Waals surface area contributed by atoms with Crippen molar-refractivity contribution in [1.29, 1.82) is 0 Å². The number of aliphatic hydroxyl groups excluding tert-OH is 2. The second-order valence-electron chi connectivity index (χ2n) is 9.60. The number of nitrogens with two attached hydrogens (primary N) is 2. The SMILES string of the molecule is Nc1ccn([C@@H]2O[C@@H]3COP(=O)(O)O[C@@H]4[C@H](O)[C@@H](n5cnc6c(=O)[nH]c(N)nc65)O[C@H]4COP(=O)(O)O[C@H]3[C@H]2O)c(=O)n1. The van der Waals surface area contributed by atoms with Gasteiger partial charge in [0.1, 0.15) is 42.4 Å². The number of hydrogen-bond donors (Lipinski definition) is 7. The van der Waals surface area contributed by atoms with Gasteiger partial charge in [-0.25, -0.2) is 18.9 Å². The van der Waals surface area contributed by atoms with Crippen LogP contribution in [0.2, 0.25) is 0 Å². The van der Waals surface area contributed by atoms with E-state index < -0.39 is 89.2 Å². The number of rotatable bonds is 2. The second kappa shape index (κ2) is 10.8. The summed E-state index contributed by atoms with van der Waals surface area (Å²) in [6.45, 7) is -1.74. The first kappa shape index (κ1) is 29.9. The third kappa shape index (κ3) is 5.64. The van der Waals surface area contributed by atoms with Crippen molar-refractivity contribution in [3.05, 3.63) is 39.4 Å². The third-order valence-corrected chi connectivity index (χ3v) is 8.75. The van der Waals surface area contributed by atoms with Crippen LogP contribution in [0.25, 0.3) is 11.2 Å². The van der Waals surface area contributed by atoms with Crippen LogP contribution in [0.4, 0.5) is 11.8 Å². The van der Waals surface area contributed by atoms with E-state index in [4.69, 9.17) is 39.0 Å². The van der Waals surface area contributed by atoms with Crippen molar-refractivity contribution in [2.75, 3.05) is 24.7 Å². The zero-order chi connectivity index (χ0) is 30.8. The molecule has 22 nitrogen and oxygen atoms in total. The van der Waals surface area contributed by atoms with E-state index in [0.717, 1.165) is 21.7 Å². The summed E-state index contributed by atoms with van der Waals surface area (Å²) >= 11 is 0. The van der Waals surface area contributed by atoms with Crippen molar-refractivity contribution in [2.45, 2.75) is 49.1 Å². The average molecular weight is 650 g/mol. The largest absolute Gasteiger partial charge is 0.472 e. The Balaban J connectivity index is 1.28. The molecular formula is C19H24N8O14P2. The predicted molar refractivity (Wildman–Crippen MR) is 137 cm³/mol. The van der Waals surface area contributed by atoms with Crippen LogP contribution in [0.1, 0.15) is 12.5 Å². The van der Waals surface area contributed by atoms with Crippen molar-refractivity contribution in [1.82, 2.24) is 29.1 Å². The number of H-pyrrole nitrogens is 1. The minimum Gasteiger partial charge on any atom is -0.386 e. The summed E-state index contributed by atoms with van der Waals surface area (Å²) in [7, 11) is -10.2. The van der Waals surface area contributed by atoms with Crippen LogP contribution in [0, 0.1) is 0 Å². The molecule has 3 aliphatic heterocycles. The summed E-state index contributed by atoms with van der Waals surface area (Å²) in [5, 5.41) is 21.9. The third-order valence-electron chi connectivity index (χ3n) is 6.78. The highest BCUT2D eigenvalue weighted by Gasteiger charge is 2.54. The van der Waals surface area contributed by atoms with Gasteiger partial charge in [-0.2, -0.15) is 9.97 Å². The Morgan fingerprint density at radius 3 is 2.02 bits per heavy atom. The maximum Gasteiger partial charge on any atom is 0.472 e. The molecule has 43 heavy (non-hydrogen) atoms. The highest BCUT2D eigenvalue weighted by Crippen LogP contribution is 2.53. The maximum absolute atomic E-state index is 13.0. The molecule has 3 aromatic heterocycles. The van der Waals surface area contributed by atoms with Crippen molar-refractivity contribution in [2.24, 2.45) is 0 Å². The molecule has 0 amide bonds. The normalized spacial score (nSPS) is 38.7. The first-order valence-corrected chi connectivity index (χ1v) is 15.3. The quantitative estimate of drug-likeness (QED) is 0.137. The number of ether oxygens (including phenoxy) is 2. The molecule has 0 spiro atoms. The number of aromatic amines is 1. The number of hydrogen-bond acceptors (Lipinski definition) is 17. The fraction of sp³-hybridized carbons (Fsp3) is 0.526. The Morgan fingerprint density at radius 2 is 1.47 bits per heavy atom. The first-order valence-electron chi connectivity index (χ1n) is 12.3. The van der Waals surface area contributed by atoms with Crippen LogP contribution >= 0.6 is 15.6 Å². The molecule has 0 bridgehead atoms. The lowest BCUT2D eigenvalue weighted by molar-refractivity contribution is -0.0675. The zero-order valence-electron chi connectivity index (χ0n) is 21.4. The van der Waals surface area contributed by atoms with Crippen LogP contribution < -0.4 is 22.7 Å². The average Bonchev–Trinajstić information content (AvgIpc) is 3.56. The minimum atomic E-state index is -5.08. The van der Waals surface area contributed by atoms with E-state index in [1.165, 1.54) is 6.07 Å². The Hall–Kier alpha value is -3.11.